The van der Waals surface area contributed by atoms with E-state index in [1.165, 1.54) is 17.1 Å². The van der Waals surface area contributed by atoms with Gasteiger partial charge in [-0.05, 0) is 29.1 Å². The van der Waals surface area contributed by atoms with Crippen molar-refractivity contribution < 1.29 is 12.6 Å². The minimum absolute atomic E-state index is 0.0234. The molecular formula is C19H19NO3S2. The van der Waals surface area contributed by atoms with Gasteiger partial charge in [0.1, 0.15) is 0 Å². The van der Waals surface area contributed by atoms with Crippen molar-refractivity contribution in [1.29, 1.82) is 0 Å². The number of aryl methyl sites for hydroxylation is 1. The molecule has 4 nitrogen and oxygen atoms in total. The summed E-state index contributed by atoms with van der Waals surface area (Å²) in [5.41, 5.74) is 4.78. The fourth-order valence-electron chi connectivity index (χ4n) is 2.55. The number of benzene rings is 2. The zero-order chi connectivity index (χ0) is 17.9. The maximum atomic E-state index is 11.5. The molecule has 0 atom stereocenters. The van der Waals surface area contributed by atoms with Crippen LogP contribution < -0.4 is 0 Å². The van der Waals surface area contributed by atoms with Crippen molar-refractivity contribution in [1.82, 2.24) is 4.37 Å². The van der Waals surface area contributed by atoms with Gasteiger partial charge in [0.15, 0.2) is 0 Å². The van der Waals surface area contributed by atoms with Crippen LogP contribution in [-0.2, 0) is 27.3 Å². The highest BCUT2D eigenvalue weighted by Gasteiger charge is 2.18. The predicted octanol–water partition coefficient (Wildman–Crippen LogP) is 4.52. The molecule has 0 radical (unpaired) electrons. The monoisotopic (exact) mass is 373 g/mol. The van der Waals surface area contributed by atoms with Crippen molar-refractivity contribution in [3.8, 4) is 21.7 Å². The average Bonchev–Trinajstić information content (AvgIpc) is 3.04. The molecule has 0 N–H and O–H groups in total. The molecule has 1 heterocycles. The summed E-state index contributed by atoms with van der Waals surface area (Å²) in [6, 6.07) is 18.0. The second kappa shape index (κ2) is 7.47. The summed E-state index contributed by atoms with van der Waals surface area (Å²) >= 11 is 1.36. The first-order valence-electron chi connectivity index (χ1n) is 7.95. The van der Waals surface area contributed by atoms with Gasteiger partial charge in [-0.15, -0.1) is 0 Å². The van der Waals surface area contributed by atoms with Gasteiger partial charge >= 0.3 is 0 Å². The van der Waals surface area contributed by atoms with Crippen molar-refractivity contribution in [3.63, 3.8) is 0 Å². The van der Waals surface area contributed by atoms with E-state index in [-0.39, 0.29) is 6.61 Å². The fraction of sp³-hybridized carbons (Fsp3) is 0.211. The van der Waals surface area contributed by atoms with Crippen LogP contribution in [0.3, 0.4) is 0 Å². The van der Waals surface area contributed by atoms with Crippen LogP contribution in [0.25, 0.3) is 21.7 Å². The largest absolute Gasteiger partial charge is 0.265 e. The maximum absolute atomic E-state index is 11.5. The van der Waals surface area contributed by atoms with E-state index in [2.05, 4.69) is 23.4 Å². The standard InChI is InChI=1S/C19H19NO3S2/c1-3-14-9-11-15(12-10-14)18-17(13-23-25(2,21)22)19(24-20-18)16-7-5-4-6-8-16/h4-12H,3,13H2,1-2H3. The molecule has 1 aromatic heterocycles. The minimum Gasteiger partial charge on any atom is -0.265 e. The van der Waals surface area contributed by atoms with Crippen LogP contribution in [-0.4, -0.2) is 19.0 Å². The number of rotatable bonds is 6. The molecule has 0 bridgehead atoms. The van der Waals surface area contributed by atoms with Gasteiger partial charge in [-0.2, -0.15) is 12.8 Å². The van der Waals surface area contributed by atoms with Crippen molar-refractivity contribution in [2.24, 2.45) is 0 Å². The Hall–Kier alpha value is -2.02. The van der Waals surface area contributed by atoms with Crippen LogP contribution >= 0.6 is 11.5 Å². The second-order valence-corrected chi connectivity index (χ2v) is 8.14. The summed E-state index contributed by atoms with van der Waals surface area (Å²) < 4.78 is 32.6. The minimum atomic E-state index is -3.53. The molecular weight excluding hydrogens is 354 g/mol. The molecule has 25 heavy (non-hydrogen) atoms. The molecule has 130 valence electrons. The number of aromatic nitrogens is 1. The molecule has 0 aliphatic rings. The number of hydrogen-bond acceptors (Lipinski definition) is 5. The van der Waals surface area contributed by atoms with E-state index in [1.54, 1.807) is 0 Å². The first-order valence-corrected chi connectivity index (χ1v) is 10.5. The second-order valence-electron chi connectivity index (χ2n) is 5.72. The van der Waals surface area contributed by atoms with Crippen molar-refractivity contribution >= 4 is 21.7 Å². The first kappa shape index (κ1) is 17.8. The summed E-state index contributed by atoms with van der Waals surface area (Å²) in [6.07, 6.45) is 2.03. The van der Waals surface area contributed by atoms with Gasteiger partial charge in [0.25, 0.3) is 10.1 Å². The molecule has 0 saturated heterocycles. The molecule has 0 aliphatic carbocycles. The fourth-order valence-corrected chi connectivity index (χ4v) is 3.79. The molecule has 0 amide bonds. The Morgan fingerprint density at radius 1 is 1.00 bits per heavy atom. The molecule has 0 aliphatic heterocycles. The van der Waals surface area contributed by atoms with Crippen LogP contribution in [0.15, 0.2) is 54.6 Å². The van der Waals surface area contributed by atoms with Crippen LogP contribution in [0.2, 0.25) is 0 Å². The average molecular weight is 373 g/mol. The third-order valence-electron chi connectivity index (χ3n) is 3.88. The molecule has 6 heteroatoms. The van der Waals surface area contributed by atoms with Gasteiger partial charge in [-0.25, -0.2) is 0 Å². The van der Waals surface area contributed by atoms with E-state index in [9.17, 15) is 8.42 Å². The quantitative estimate of drug-likeness (QED) is 0.596. The van der Waals surface area contributed by atoms with Gasteiger partial charge in [0.2, 0.25) is 0 Å². The summed E-state index contributed by atoms with van der Waals surface area (Å²) in [5.74, 6) is 0. The molecule has 0 unspecified atom stereocenters. The third kappa shape index (κ3) is 4.34. The Kier molecular flexibility index (Phi) is 5.32. The Bertz CT molecular complexity index is 946. The maximum Gasteiger partial charge on any atom is 0.264 e. The Morgan fingerprint density at radius 2 is 1.68 bits per heavy atom. The Balaban J connectivity index is 2.06. The lowest BCUT2D eigenvalue weighted by atomic mass is 10.0. The molecule has 0 saturated carbocycles. The Morgan fingerprint density at radius 3 is 2.28 bits per heavy atom. The summed E-state index contributed by atoms with van der Waals surface area (Å²) in [7, 11) is -3.53. The van der Waals surface area contributed by atoms with Crippen molar-refractivity contribution in [2.75, 3.05) is 6.26 Å². The lowest BCUT2D eigenvalue weighted by molar-refractivity contribution is 0.313. The van der Waals surface area contributed by atoms with E-state index in [0.717, 1.165) is 39.9 Å². The summed E-state index contributed by atoms with van der Waals surface area (Å²) in [5, 5.41) is 0. The van der Waals surface area contributed by atoms with Crippen LogP contribution in [0.1, 0.15) is 18.1 Å². The van der Waals surface area contributed by atoms with Gasteiger partial charge in [0.05, 0.1) is 23.4 Å². The zero-order valence-electron chi connectivity index (χ0n) is 14.1. The third-order valence-corrected chi connectivity index (χ3v) is 5.36. The van der Waals surface area contributed by atoms with Crippen molar-refractivity contribution in [3.05, 3.63) is 65.7 Å². The number of nitrogens with zero attached hydrogens (tertiary/aromatic N) is 1. The SMILES string of the molecule is CCc1ccc(-c2nsc(-c3ccccc3)c2COS(C)(=O)=O)cc1. The van der Waals surface area contributed by atoms with Gasteiger partial charge in [-0.3, -0.25) is 4.18 Å². The van der Waals surface area contributed by atoms with Crippen LogP contribution in [0, 0.1) is 0 Å². The van der Waals surface area contributed by atoms with E-state index >= 15 is 0 Å². The molecule has 0 fully saturated rings. The summed E-state index contributed by atoms with van der Waals surface area (Å²) in [6.45, 7) is 2.08. The highest BCUT2D eigenvalue weighted by Crippen LogP contribution is 2.36. The molecule has 3 rings (SSSR count). The lowest BCUT2D eigenvalue weighted by Crippen LogP contribution is -2.03. The zero-order valence-corrected chi connectivity index (χ0v) is 15.7. The molecule has 0 spiro atoms. The van der Waals surface area contributed by atoms with Gasteiger partial charge in [-0.1, -0.05) is 61.5 Å². The van der Waals surface area contributed by atoms with E-state index in [4.69, 9.17) is 4.18 Å². The highest BCUT2D eigenvalue weighted by atomic mass is 32.2. The molecule has 2 aromatic carbocycles. The van der Waals surface area contributed by atoms with Crippen molar-refractivity contribution in [2.45, 2.75) is 20.0 Å². The summed E-state index contributed by atoms with van der Waals surface area (Å²) in [4.78, 5) is 0.929. The molecule has 3 aromatic rings. The van der Waals surface area contributed by atoms with E-state index in [1.807, 2.05) is 42.5 Å². The first-order chi connectivity index (χ1) is 12.0. The number of hydrogen-bond donors (Lipinski definition) is 0. The van der Waals surface area contributed by atoms with E-state index < -0.39 is 10.1 Å². The highest BCUT2D eigenvalue weighted by molar-refractivity contribution is 7.85. The Labute approximate surface area is 152 Å². The van der Waals surface area contributed by atoms with Gasteiger partial charge in [0, 0.05) is 11.1 Å². The van der Waals surface area contributed by atoms with E-state index in [0.29, 0.717) is 0 Å². The lowest BCUT2D eigenvalue weighted by Gasteiger charge is -2.07. The predicted molar refractivity (Wildman–Crippen MR) is 102 cm³/mol. The normalized spacial score (nSPS) is 11.6. The smallest absolute Gasteiger partial charge is 0.264 e. The van der Waals surface area contributed by atoms with Crippen LogP contribution in [0.5, 0.6) is 0 Å². The van der Waals surface area contributed by atoms with Crippen LogP contribution in [0.4, 0.5) is 0 Å². The topological polar surface area (TPSA) is 56.3 Å². The van der Waals surface area contributed by atoms with Gasteiger partial charge < -0.3 is 0 Å².